The predicted octanol–water partition coefficient (Wildman–Crippen LogP) is 3.31. The number of benzene rings is 1. The second-order valence-electron chi connectivity index (χ2n) is 7.70. The summed E-state index contributed by atoms with van der Waals surface area (Å²) in [5, 5.41) is 15.2. The zero-order chi connectivity index (χ0) is 22.0. The molecule has 1 aromatic carbocycles. The number of hydrogen-bond acceptors (Lipinski definition) is 5. The maximum atomic E-state index is 11.0. The van der Waals surface area contributed by atoms with Crippen molar-refractivity contribution in [1.29, 1.82) is 0 Å². The molecule has 1 saturated heterocycles. The van der Waals surface area contributed by atoms with Gasteiger partial charge < -0.3 is 19.7 Å². The fraction of sp³-hybridized carbons (Fsp3) is 0.273. The molecule has 8 nitrogen and oxygen atoms in total. The van der Waals surface area contributed by atoms with Crippen LogP contribution in [0.2, 0.25) is 0 Å². The molecule has 3 aromatic rings. The van der Waals surface area contributed by atoms with Crippen LogP contribution in [0.25, 0.3) is 5.69 Å². The molecule has 2 unspecified atom stereocenters. The molecule has 160 valence electrons. The van der Waals surface area contributed by atoms with E-state index in [0.717, 1.165) is 30.2 Å². The van der Waals surface area contributed by atoms with Gasteiger partial charge in [-0.2, -0.15) is 0 Å². The third-order valence-electron chi connectivity index (χ3n) is 5.41. The van der Waals surface area contributed by atoms with Crippen molar-refractivity contribution in [1.82, 2.24) is 24.7 Å². The van der Waals surface area contributed by atoms with Gasteiger partial charge in [0.25, 0.3) is 5.69 Å². The highest BCUT2D eigenvalue weighted by Gasteiger charge is 2.41. The molecule has 1 fully saturated rings. The Morgan fingerprint density at radius 3 is 2.58 bits per heavy atom. The number of rotatable bonds is 7. The minimum atomic E-state index is -0.389. The van der Waals surface area contributed by atoms with E-state index in [2.05, 4.69) is 30.7 Å². The van der Waals surface area contributed by atoms with Crippen LogP contribution < -0.4 is 5.32 Å². The average Bonchev–Trinajstić information content (AvgIpc) is 3.37. The van der Waals surface area contributed by atoms with Crippen molar-refractivity contribution < 1.29 is 4.92 Å². The molecular formula is C22H24N6O2S. The molecule has 0 aliphatic carbocycles. The van der Waals surface area contributed by atoms with Crippen molar-refractivity contribution in [2.75, 3.05) is 27.2 Å². The second-order valence-corrected chi connectivity index (χ2v) is 8.09. The first-order valence-corrected chi connectivity index (χ1v) is 10.4. The van der Waals surface area contributed by atoms with E-state index in [9.17, 15) is 10.1 Å². The van der Waals surface area contributed by atoms with Crippen LogP contribution >= 0.6 is 12.2 Å². The summed E-state index contributed by atoms with van der Waals surface area (Å²) in [7, 11) is 4.08. The van der Waals surface area contributed by atoms with Crippen LogP contribution in [0.1, 0.15) is 23.5 Å². The van der Waals surface area contributed by atoms with Gasteiger partial charge in [-0.3, -0.25) is 15.1 Å². The van der Waals surface area contributed by atoms with E-state index in [0.29, 0.717) is 5.11 Å². The van der Waals surface area contributed by atoms with Crippen molar-refractivity contribution in [2.24, 2.45) is 0 Å². The van der Waals surface area contributed by atoms with Crippen molar-refractivity contribution in [3.05, 3.63) is 88.5 Å². The Morgan fingerprint density at radius 2 is 1.94 bits per heavy atom. The second kappa shape index (κ2) is 8.83. The number of hydrogen-bond donors (Lipinski definition) is 1. The van der Waals surface area contributed by atoms with Gasteiger partial charge in [-0.25, -0.2) is 0 Å². The molecule has 0 spiro atoms. The molecule has 3 heterocycles. The number of likely N-dealkylation sites (N-methyl/N-ethyl adjacent to an activating group) is 1. The molecule has 31 heavy (non-hydrogen) atoms. The van der Waals surface area contributed by atoms with E-state index in [-0.39, 0.29) is 22.7 Å². The van der Waals surface area contributed by atoms with Gasteiger partial charge in [0.1, 0.15) is 0 Å². The number of aromatic nitrogens is 2. The lowest BCUT2D eigenvalue weighted by molar-refractivity contribution is -0.384. The number of pyridine rings is 1. The largest absolute Gasteiger partial charge is 0.352 e. The fourth-order valence-corrected chi connectivity index (χ4v) is 4.21. The van der Waals surface area contributed by atoms with E-state index in [1.165, 1.54) is 12.1 Å². The van der Waals surface area contributed by atoms with Gasteiger partial charge >= 0.3 is 0 Å². The Morgan fingerprint density at radius 1 is 1.16 bits per heavy atom. The first-order chi connectivity index (χ1) is 15.0. The van der Waals surface area contributed by atoms with Gasteiger partial charge in [-0.05, 0) is 62.7 Å². The van der Waals surface area contributed by atoms with Crippen molar-refractivity contribution >= 4 is 23.0 Å². The topological polar surface area (TPSA) is 79.5 Å². The minimum Gasteiger partial charge on any atom is -0.352 e. The maximum absolute atomic E-state index is 11.0. The summed E-state index contributed by atoms with van der Waals surface area (Å²) in [6, 6.07) is 16.3. The third-order valence-corrected chi connectivity index (χ3v) is 5.76. The number of non-ortho nitro benzene ring substituents is 1. The van der Waals surface area contributed by atoms with Crippen LogP contribution in [-0.4, -0.2) is 56.6 Å². The minimum absolute atomic E-state index is 0.0696. The van der Waals surface area contributed by atoms with Crippen molar-refractivity contribution in [3.8, 4) is 5.69 Å². The first kappa shape index (κ1) is 21.0. The van der Waals surface area contributed by atoms with Crippen LogP contribution in [0.3, 0.4) is 0 Å². The highest BCUT2D eigenvalue weighted by Crippen LogP contribution is 2.39. The van der Waals surface area contributed by atoms with Gasteiger partial charge in [0.05, 0.1) is 22.7 Å². The first-order valence-electron chi connectivity index (χ1n) is 10.0. The lowest BCUT2D eigenvalue weighted by Gasteiger charge is -2.29. The maximum Gasteiger partial charge on any atom is 0.269 e. The number of thiocarbonyl (C=S) groups is 1. The predicted molar refractivity (Wildman–Crippen MR) is 123 cm³/mol. The van der Waals surface area contributed by atoms with Crippen LogP contribution in [0.5, 0.6) is 0 Å². The van der Waals surface area contributed by atoms with E-state index in [1.807, 2.05) is 44.6 Å². The summed E-state index contributed by atoms with van der Waals surface area (Å²) >= 11 is 5.71. The summed E-state index contributed by atoms with van der Waals surface area (Å²) in [5.41, 5.74) is 2.88. The standard InChI is InChI=1S/C22H24N6O2S/c1-25(2)14-15-27-21(20(24-22(27)31)18-6-3-4-12-23-18)19-7-5-13-26(19)16-8-10-17(11-9-16)28(29)30/h3-13,20-21H,14-15H2,1-2H3,(H,24,31). The molecule has 9 heteroatoms. The van der Waals surface area contributed by atoms with Gasteiger partial charge in [0, 0.05) is 49.0 Å². The molecule has 0 amide bonds. The molecule has 1 N–H and O–H groups in total. The van der Waals surface area contributed by atoms with Crippen LogP contribution in [0.15, 0.2) is 67.0 Å². The normalized spacial score (nSPS) is 18.4. The van der Waals surface area contributed by atoms with Crippen LogP contribution in [0, 0.1) is 10.1 Å². The highest BCUT2D eigenvalue weighted by atomic mass is 32.1. The Bertz CT molecular complexity index is 1070. The van der Waals surface area contributed by atoms with E-state index < -0.39 is 0 Å². The summed E-state index contributed by atoms with van der Waals surface area (Å²) in [4.78, 5) is 19.6. The average molecular weight is 437 g/mol. The quantitative estimate of drug-likeness (QED) is 0.346. The molecular weight excluding hydrogens is 412 g/mol. The molecule has 0 radical (unpaired) electrons. The van der Waals surface area contributed by atoms with E-state index >= 15 is 0 Å². The molecule has 4 rings (SSSR count). The van der Waals surface area contributed by atoms with Crippen LogP contribution in [0.4, 0.5) is 5.69 Å². The Balaban J connectivity index is 1.75. The van der Waals surface area contributed by atoms with Gasteiger partial charge in [0.15, 0.2) is 5.11 Å². The lowest BCUT2D eigenvalue weighted by atomic mass is 10.0. The molecule has 1 aliphatic heterocycles. The summed E-state index contributed by atoms with van der Waals surface area (Å²) in [6.45, 7) is 1.61. The highest BCUT2D eigenvalue weighted by molar-refractivity contribution is 7.80. The zero-order valence-electron chi connectivity index (χ0n) is 17.4. The van der Waals surface area contributed by atoms with Gasteiger partial charge in [-0.1, -0.05) is 6.07 Å². The molecule has 1 aliphatic rings. The Kier molecular flexibility index (Phi) is 5.97. The molecule has 0 bridgehead atoms. The summed E-state index contributed by atoms with van der Waals surface area (Å²) in [6.07, 6.45) is 3.76. The third kappa shape index (κ3) is 4.28. The smallest absolute Gasteiger partial charge is 0.269 e. The fourth-order valence-electron chi connectivity index (χ4n) is 3.88. The lowest BCUT2D eigenvalue weighted by Crippen LogP contribution is -2.36. The van der Waals surface area contributed by atoms with Crippen LogP contribution in [-0.2, 0) is 0 Å². The molecule has 2 aromatic heterocycles. The monoisotopic (exact) mass is 436 g/mol. The Labute approximate surface area is 186 Å². The number of nitro groups is 1. The Hall–Kier alpha value is -3.30. The van der Waals surface area contributed by atoms with Crippen molar-refractivity contribution in [3.63, 3.8) is 0 Å². The summed E-state index contributed by atoms with van der Waals surface area (Å²) < 4.78 is 2.06. The SMILES string of the molecule is CN(C)CCN1C(=S)NC(c2ccccn2)C1c1cccn1-c1ccc([N+](=O)[O-])cc1. The molecule has 2 atom stereocenters. The van der Waals surface area contributed by atoms with Crippen molar-refractivity contribution in [2.45, 2.75) is 12.1 Å². The van der Waals surface area contributed by atoms with Gasteiger partial charge in [-0.15, -0.1) is 0 Å². The van der Waals surface area contributed by atoms with Gasteiger partial charge in [0.2, 0.25) is 0 Å². The van der Waals surface area contributed by atoms with E-state index in [1.54, 1.807) is 18.3 Å². The number of nitrogens with one attached hydrogen (secondary N) is 1. The summed E-state index contributed by atoms with van der Waals surface area (Å²) in [5.74, 6) is 0. The number of nitrogens with zero attached hydrogens (tertiary/aromatic N) is 5. The van der Waals surface area contributed by atoms with E-state index in [4.69, 9.17) is 12.2 Å². The number of nitro benzene ring substituents is 1. The molecule has 0 saturated carbocycles. The zero-order valence-corrected chi connectivity index (χ0v) is 18.2.